The summed E-state index contributed by atoms with van der Waals surface area (Å²) >= 11 is 11.9. The predicted octanol–water partition coefficient (Wildman–Crippen LogP) is 3.00. The van der Waals surface area contributed by atoms with Gasteiger partial charge in [0.05, 0.1) is 20.9 Å². The van der Waals surface area contributed by atoms with Crippen molar-refractivity contribution >= 4 is 23.2 Å². The van der Waals surface area contributed by atoms with Gasteiger partial charge in [0.2, 0.25) is 5.69 Å². The maximum Gasteiger partial charge on any atom is 0.270 e. The summed E-state index contributed by atoms with van der Waals surface area (Å²) in [7, 11) is 0. The van der Waals surface area contributed by atoms with Gasteiger partial charge in [-0.1, -0.05) is 41.4 Å². The molecule has 20 heavy (non-hydrogen) atoms. The van der Waals surface area contributed by atoms with Crippen LogP contribution in [0.3, 0.4) is 0 Å². The van der Waals surface area contributed by atoms with Gasteiger partial charge in [-0.2, -0.15) is 0 Å². The molecule has 0 radical (unpaired) electrons. The lowest BCUT2D eigenvalue weighted by Crippen LogP contribution is -2.34. The van der Waals surface area contributed by atoms with Crippen LogP contribution in [0.25, 0.3) is 16.9 Å². The Hall–Kier alpha value is -2.04. The molecule has 0 bridgehead atoms. The molecule has 0 aliphatic heterocycles. The van der Waals surface area contributed by atoms with Gasteiger partial charge in [0.25, 0.3) is 5.69 Å². The van der Waals surface area contributed by atoms with E-state index in [1.54, 1.807) is 18.2 Å². The molecule has 0 fully saturated rings. The molecule has 1 aromatic heterocycles. The number of para-hydroxylation sites is 1. The van der Waals surface area contributed by atoms with Gasteiger partial charge >= 0.3 is 0 Å². The van der Waals surface area contributed by atoms with Crippen molar-refractivity contribution in [3.63, 3.8) is 0 Å². The zero-order valence-electron chi connectivity index (χ0n) is 10.1. The molecule has 100 valence electrons. The average molecular weight is 307 g/mol. The SMILES string of the molecule is [O-]c1on[n+](-c2ccccc2)c1-c1ccc(Cl)c(Cl)c1. The predicted molar refractivity (Wildman–Crippen MR) is 72.9 cm³/mol. The lowest BCUT2D eigenvalue weighted by Gasteiger charge is -2.00. The Morgan fingerprint density at radius 2 is 1.75 bits per heavy atom. The maximum absolute atomic E-state index is 11.9. The second kappa shape index (κ2) is 5.15. The van der Waals surface area contributed by atoms with Crippen LogP contribution in [0.15, 0.2) is 53.1 Å². The van der Waals surface area contributed by atoms with Crippen LogP contribution >= 0.6 is 23.2 Å². The average Bonchev–Trinajstić information content (AvgIpc) is 2.85. The van der Waals surface area contributed by atoms with Gasteiger partial charge in [-0.3, -0.25) is 0 Å². The molecule has 0 unspecified atom stereocenters. The summed E-state index contributed by atoms with van der Waals surface area (Å²) < 4.78 is 6.19. The Balaban J connectivity index is 2.19. The minimum absolute atomic E-state index is 0.301. The summed E-state index contributed by atoms with van der Waals surface area (Å²) in [6, 6.07) is 14.1. The fourth-order valence-corrected chi connectivity index (χ4v) is 2.18. The zero-order valence-corrected chi connectivity index (χ0v) is 11.6. The Morgan fingerprint density at radius 3 is 2.45 bits per heavy atom. The summed E-state index contributed by atoms with van der Waals surface area (Å²) in [4.78, 5) is 0. The largest absolute Gasteiger partial charge is 0.539 e. The third-order valence-corrected chi connectivity index (χ3v) is 3.54. The van der Waals surface area contributed by atoms with E-state index in [2.05, 4.69) is 5.27 Å². The fraction of sp³-hybridized carbons (Fsp3) is 0. The summed E-state index contributed by atoms with van der Waals surface area (Å²) in [5.41, 5.74) is 1.61. The number of hydrogen-bond acceptors (Lipinski definition) is 3. The van der Waals surface area contributed by atoms with E-state index in [1.165, 1.54) is 4.68 Å². The molecule has 1 heterocycles. The van der Waals surface area contributed by atoms with Gasteiger partial charge in [-0.25, -0.2) is 0 Å². The molecule has 0 spiro atoms. The number of rotatable bonds is 2. The Morgan fingerprint density at radius 1 is 1.00 bits per heavy atom. The van der Waals surface area contributed by atoms with Crippen molar-refractivity contribution < 1.29 is 14.3 Å². The van der Waals surface area contributed by atoms with Crippen molar-refractivity contribution in [2.75, 3.05) is 0 Å². The van der Waals surface area contributed by atoms with Crippen molar-refractivity contribution in [1.82, 2.24) is 5.27 Å². The van der Waals surface area contributed by atoms with Crippen LogP contribution in [-0.4, -0.2) is 5.27 Å². The normalized spacial score (nSPS) is 10.7. The Labute approximate surface area is 124 Å². The third kappa shape index (κ3) is 2.24. The molecule has 0 amide bonds. The number of hydrogen-bond donors (Lipinski definition) is 0. The first-order valence-corrected chi connectivity index (χ1v) is 6.52. The number of benzene rings is 2. The zero-order chi connectivity index (χ0) is 14.1. The second-order valence-corrected chi connectivity index (χ2v) is 4.90. The van der Waals surface area contributed by atoms with Crippen molar-refractivity contribution in [1.29, 1.82) is 0 Å². The highest BCUT2D eigenvalue weighted by Gasteiger charge is 2.22. The van der Waals surface area contributed by atoms with E-state index in [0.717, 1.165) is 5.69 Å². The van der Waals surface area contributed by atoms with Crippen LogP contribution in [0.5, 0.6) is 5.95 Å². The Kier molecular flexibility index (Phi) is 3.34. The van der Waals surface area contributed by atoms with Gasteiger partial charge in [0.15, 0.2) is 5.95 Å². The molecule has 6 heteroatoms. The highest BCUT2D eigenvalue weighted by atomic mass is 35.5. The quantitative estimate of drug-likeness (QED) is 0.684. The van der Waals surface area contributed by atoms with Crippen molar-refractivity contribution in [3.8, 4) is 22.9 Å². The maximum atomic E-state index is 11.9. The molecular weight excluding hydrogens is 299 g/mol. The van der Waals surface area contributed by atoms with Crippen molar-refractivity contribution in [2.45, 2.75) is 0 Å². The molecule has 0 N–H and O–H groups in total. The lowest BCUT2D eigenvalue weighted by molar-refractivity contribution is -0.660. The van der Waals surface area contributed by atoms with E-state index in [4.69, 9.17) is 27.7 Å². The molecule has 2 aromatic carbocycles. The molecule has 4 nitrogen and oxygen atoms in total. The van der Waals surface area contributed by atoms with Crippen LogP contribution in [-0.2, 0) is 0 Å². The van der Waals surface area contributed by atoms with Crippen LogP contribution in [0.2, 0.25) is 10.0 Å². The molecule has 3 rings (SSSR count). The van der Waals surface area contributed by atoms with E-state index < -0.39 is 5.95 Å². The second-order valence-electron chi connectivity index (χ2n) is 4.09. The third-order valence-electron chi connectivity index (χ3n) is 2.80. The van der Waals surface area contributed by atoms with E-state index in [1.807, 2.05) is 30.3 Å². The molecule has 0 saturated heterocycles. The molecule has 0 atom stereocenters. The van der Waals surface area contributed by atoms with Crippen molar-refractivity contribution in [3.05, 3.63) is 58.6 Å². The smallest absolute Gasteiger partial charge is 0.270 e. The summed E-state index contributed by atoms with van der Waals surface area (Å²) in [6.07, 6.45) is 0. The van der Waals surface area contributed by atoms with Gasteiger partial charge in [0, 0.05) is 12.1 Å². The minimum atomic E-state index is -0.535. The van der Waals surface area contributed by atoms with Gasteiger partial charge in [0.1, 0.15) is 0 Å². The van der Waals surface area contributed by atoms with Crippen molar-refractivity contribution in [2.24, 2.45) is 0 Å². The first-order valence-electron chi connectivity index (χ1n) is 5.76. The minimum Gasteiger partial charge on any atom is -0.539 e. The van der Waals surface area contributed by atoms with Crippen LogP contribution in [0.1, 0.15) is 0 Å². The summed E-state index contributed by atoms with van der Waals surface area (Å²) in [5.74, 6) is -0.535. The van der Waals surface area contributed by atoms with Gasteiger partial charge in [-0.05, 0) is 22.9 Å². The number of aromatic nitrogens is 2. The lowest BCUT2D eigenvalue weighted by atomic mass is 10.1. The molecule has 0 aliphatic carbocycles. The summed E-state index contributed by atoms with van der Waals surface area (Å²) in [5, 5.41) is 16.4. The first kappa shape index (κ1) is 13.0. The van der Waals surface area contributed by atoms with Crippen LogP contribution < -0.4 is 9.79 Å². The number of halogens is 2. The van der Waals surface area contributed by atoms with E-state index in [9.17, 15) is 5.11 Å². The van der Waals surface area contributed by atoms with Crippen LogP contribution in [0.4, 0.5) is 0 Å². The van der Waals surface area contributed by atoms with E-state index in [-0.39, 0.29) is 0 Å². The first-order chi connectivity index (χ1) is 9.66. The fourth-order valence-electron chi connectivity index (χ4n) is 1.88. The standard InChI is InChI=1S/C14H8Cl2N2O2/c15-11-7-6-9(8-12(11)16)13-14(19)20-17-18(13)10-4-2-1-3-5-10/h1-8H. The summed E-state index contributed by atoms with van der Waals surface area (Å²) in [6.45, 7) is 0. The van der Waals surface area contributed by atoms with E-state index >= 15 is 0 Å². The molecular formula is C14H8Cl2N2O2. The van der Waals surface area contributed by atoms with E-state index in [0.29, 0.717) is 21.3 Å². The highest BCUT2D eigenvalue weighted by molar-refractivity contribution is 6.42. The van der Waals surface area contributed by atoms with Crippen LogP contribution in [0, 0.1) is 0 Å². The molecule has 0 saturated carbocycles. The topological polar surface area (TPSA) is 53.0 Å². The molecule has 3 aromatic rings. The molecule has 0 aliphatic rings. The highest BCUT2D eigenvalue weighted by Crippen LogP contribution is 2.30. The monoisotopic (exact) mass is 306 g/mol. The number of nitrogens with zero attached hydrogens (tertiary/aromatic N) is 2. The van der Waals surface area contributed by atoms with Gasteiger partial charge < -0.3 is 9.63 Å². The van der Waals surface area contributed by atoms with Gasteiger partial charge in [-0.15, -0.1) is 0 Å². The Bertz CT molecular complexity index is 757.